The second-order valence-corrected chi connectivity index (χ2v) is 9.47. The van der Waals surface area contributed by atoms with Crippen LogP contribution in [-0.2, 0) is 14.8 Å². The zero-order valence-corrected chi connectivity index (χ0v) is 18.7. The predicted molar refractivity (Wildman–Crippen MR) is 118 cm³/mol. The van der Waals surface area contributed by atoms with E-state index in [1.807, 2.05) is 24.8 Å². The van der Waals surface area contributed by atoms with Crippen molar-refractivity contribution in [2.45, 2.75) is 18.7 Å². The van der Waals surface area contributed by atoms with E-state index in [1.54, 1.807) is 36.4 Å². The van der Waals surface area contributed by atoms with Crippen molar-refractivity contribution in [3.05, 3.63) is 53.1 Å². The summed E-state index contributed by atoms with van der Waals surface area (Å²) < 4.78 is 32.6. The highest BCUT2D eigenvalue weighted by molar-refractivity contribution is 7.89. The molecule has 0 radical (unpaired) electrons. The van der Waals surface area contributed by atoms with Crippen LogP contribution in [0.4, 0.5) is 5.69 Å². The van der Waals surface area contributed by atoms with Crippen LogP contribution in [0.15, 0.2) is 47.4 Å². The van der Waals surface area contributed by atoms with Crippen molar-refractivity contribution in [2.75, 3.05) is 44.6 Å². The number of benzene rings is 2. The van der Waals surface area contributed by atoms with E-state index in [2.05, 4.69) is 5.32 Å². The Bertz CT molecular complexity index is 988. The topological polar surface area (TPSA) is 79.0 Å². The maximum Gasteiger partial charge on any atom is 0.243 e. The van der Waals surface area contributed by atoms with Gasteiger partial charge in [-0.2, -0.15) is 4.31 Å². The van der Waals surface area contributed by atoms with E-state index >= 15 is 0 Å². The molecule has 1 amide bonds. The summed E-state index contributed by atoms with van der Waals surface area (Å²) in [5.41, 5.74) is 1.61. The van der Waals surface area contributed by atoms with Gasteiger partial charge in [0.15, 0.2) is 0 Å². The van der Waals surface area contributed by atoms with Gasteiger partial charge in [0.05, 0.1) is 18.0 Å². The molecule has 162 valence electrons. The lowest BCUT2D eigenvalue weighted by molar-refractivity contribution is -0.117. The van der Waals surface area contributed by atoms with Crippen molar-refractivity contribution in [3.63, 3.8) is 0 Å². The van der Waals surface area contributed by atoms with Gasteiger partial charge in [-0.05, 0) is 55.8 Å². The summed E-state index contributed by atoms with van der Waals surface area (Å²) in [4.78, 5) is 14.6. The third kappa shape index (κ3) is 5.51. The number of carbonyl (C=O) groups is 1. The van der Waals surface area contributed by atoms with Crippen molar-refractivity contribution >= 4 is 33.2 Å². The number of carbonyl (C=O) groups excluding carboxylic acids is 1. The number of hydrogen-bond acceptors (Lipinski definition) is 5. The van der Waals surface area contributed by atoms with Crippen LogP contribution in [0.3, 0.4) is 0 Å². The Morgan fingerprint density at radius 1 is 1.10 bits per heavy atom. The Hall–Kier alpha value is -2.13. The van der Waals surface area contributed by atoms with Gasteiger partial charge in [0.1, 0.15) is 5.75 Å². The van der Waals surface area contributed by atoms with Gasteiger partial charge < -0.3 is 10.1 Å². The first-order chi connectivity index (χ1) is 14.3. The number of hydrogen-bond donors (Lipinski definition) is 1. The molecule has 9 heteroatoms. The van der Waals surface area contributed by atoms with Crippen molar-refractivity contribution in [3.8, 4) is 5.75 Å². The summed E-state index contributed by atoms with van der Waals surface area (Å²) in [6.45, 7) is 6.13. The summed E-state index contributed by atoms with van der Waals surface area (Å²) in [6.07, 6.45) is 0. The minimum absolute atomic E-state index is 0.150. The van der Waals surface area contributed by atoms with E-state index in [9.17, 15) is 13.2 Å². The Balaban J connectivity index is 1.54. The number of nitrogens with zero attached hydrogens (tertiary/aromatic N) is 2. The quantitative estimate of drug-likeness (QED) is 0.700. The summed E-state index contributed by atoms with van der Waals surface area (Å²) >= 11 is 5.99. The van der Waals surface area contributed by atoms with Gasteiger partial charge in [0.2, 0.25) is 15.9 Å². The van der Waals surface area contributed by atoms with Gasteiger partial charge in [-0.1, -0.05) is 17.7 Å². The molecular formula is C21H26ClN3O4S. The van der Waals surface area contributed by atoms with Crippen molar-refractivity contribution < 1.29 is 17.9 Å². The molecule has 0 bridgehead atoms. The average molecular weight is 452 g/mol. The van der Waals surface area contributed by atoms with E-state index in [0.717, 1.165) is 5.56 Å². The highest BCUT2D eigenvalue weighted by Crippen LogP contribution is 2.22. The molecule has 2 aromatic carbocycles. The number of aryl methyl sites for hydroxylation is 1. The average Bonchev–Trinajstić information content (AvgIpc) is 2.72. The standard InChI is InChI=1S/C21H26ClN3O4S/c1-3-29-18-6-8-19(9-7-18)30(27,28)25-12-10-24(11-13-25)15-21(26)23-20-14-17(22)5-4-16(20)2/h4-9,14H,3,10-13,15H2,1-2H3,(H,23,26). The van der Waals surface area contributed by atoms with Crippen LogP contribution in [0.25, 0.3) is 0 Å². The van der Waals surface area contributed by atoms with Crippen LogP contribution in [0, 0.1) is 6.92 Å². The van der Waals surface area contributed by atoms with E-state index in [-0.39, 0.29) is 17.3 Å². The predicted octanol–water partition coefficient (Wildman–Crippen LogP) is 2.99. The van der Waals surface area contributed by atoms with Gasteiger partial charge in [-0.15, -0.1) is 0 Å². The molecule has 1 aliphatic heterocycles. The van der Waals surface area contributed by atoms with Crippen LogP contribution in [0.2, 0.25) is 5.02 Å². The molecule has 1 heterocycles. The molecule has 0 atom stereocenters. The van der Waals surface area contributed by atoms with E-state index in [0.29, 0.717) is 49.2 Å². The Morgan fingerprint density at radius 2 is 1.77 bits per heavy atom. The molecule has 1 N–H and O–H groups in total. The van der Waals surface area contributed by atoms with Gasteiger partial charge >= 0.3 is 0 Å². The third-order valence-corrected chi connectivity index (χ3v) is 7.09. The summed E-state index contributed by atoms with van der Waals surface area (Å²) in [7, 11) is -3.57. The smallest absolute Gasteiger partial charge is 0.243 e. The zero-order valence-electron chi connectivity index (χ0n) is 17.1. The highest BCUT2D eigenvalue weighted by atomic mass is 35.5. The number of nitrogens with one attached hydrogen (secondary N) is 1. The number of ether oxygens (including phenoxy) is 1. The van der Waals surface area contributed by atoms with Crippen molar-refractivity contribution in [1.29, 1.82) is 0 Å². The third-order valence-electron chi connectivity index (χ3n) is 4.94. The molecule has 0 aromatic heterocycles. The number of anilines is 1. The van der Waals surface area contributed by atoms with Gasteiger partial charge in [0.25, 0.3) is 0 Å². The Labute approximate surface area is 182 Å². The maximum absolute atomic E-state index is 12.9. The first-order valence-corrected chi connectivity index (χ1v) is 11.6. The van der Waals surface area contributed by atoms with Gasteiger partial charge in [-0.25, -0.2) is 8.42 Å². The number of sulfonamides is 1. The zero-order chi connectivity index (χ0) is 21.7. The molecule has 0 spiro atoms. The molecule has 1 fully saturated rings. The molecule has 7 nitrogen and oxygen atoms in total. The van der Waals surface area contributed by atoms with Crippen LogP contribution in [-0.4, -0.2) is 62.9 Å². The van der Waals surface area contributed by atoms with E-state index in [1.165, 1.54) is 4.31 Å². The largest absolute Gasteiger partial charge is 0.494 e. The lowest BCUT2D eigenvalue weighted by Crippen LogP contribution is -2.50. The first kappa shape index (κ1) is 22.6. The Morgan fingerprint density at radius 3 is 2.40 bits per heavy atom. The Kier molecular flexibility index (Phi) is 7.36. The molecule has 2 aromatic rings. The first-order valence-electron chi connectivity index (χ1n) is 9.81. The fourth-order valence-corrected chi connectivity index (χ4v) is 4.87. The van der Waals surface area contributed by atoms with Crippen molar-refractivity contribution in [1.82, 2.24) is 9.21 Å². The molecular weight excluding hydrogens is 426 g/mol. The lowest BCUT2D eigenvalue weighted by Gasteiger charge is -2.33. The molecule has 30 heavy (non-hydrogen) atoms. The van der Waals surface area contributed by atoms with E-state index in [4.69, 9.17) is 16.3 Å². The van der Waals surface area contributed by atoms with Crippen LogP contribution >= 0.6 is 11.6 Å². The normalized spacial score (nSPS) is 15.7. The maximum atomic E-state index is 12.9. The van der Waals surface area contributed by atoms with Gasteiger partial charge in [0, 0.05) is 36.9 Å². The fourth-order valence-electron chi connectivity index (χ4n) is 3.27. The number of piperazine rings is 1. The van der Waals surface area contributed by atoms with Gasteiger partial charge in [-0.3, -0.25) is 9.69 Å². The summed E-state index contributed by atoms with van der Waals surface area (Å²) in [6, 6.07) is 11.8. The van der Waals surface area contributed by atoms with Crippen LogP contribution < -0.4 is 10.1 Å². The summed E-state index contributed by atoms with van der Waals surface area (Å²) in [5, 5.41) is 3.43. The van der Waals surface area contributed by atoms with Crippen LogP contribution in [0.5, 0.6) is 5.75 Å². The second kappa shape index (κ2) is 9.78. The fraction of sp³-hybridized carbons (Fsp3) is 0.381. The van der Waals surface area contributed by atoms with E-state index < -0.39 is 10.0 Å². The molecule has 0 aliphatic carbocycles. The number of amides is 1. The molecule has 0 saturated carbocycles. The van der Waals surface area contributed by atoms with Crippen LogP contribution in [0.1, 0.15) is 12.5 Å². The lowest BCUT2D eigenvalue weighted by atomic mass is 10.2. The number of halogens is 1. The highest BCUT2D eigenvalue weighted by Gasteiger charge is 2.29. The minimum atomic E-state index is -3.57. The monoisotopic (exact) mass is 451 g/mol. The van der Waals surface area contributed by atoms with Crippen molar-refractivity contribution in [2.24, 2.45) is 0 Å². The molecule has 3 rings (SSSR count). The second-order valence-electron chi connectivity index (χ2n) is 7.09. The molecule has 1 saturated heterocycles. The minimum Gasteiger partial charge on any atom is -0.494 e. The number of rotatable bonds is 7. The molecule has 1 aliphatic rings. The molecule has 0 unspecified atom stereocenters. The summed E-state index contributed by atoms with van der Waals surface area (Å²) in [5.74, 6) is 0.491. The SMILES string of the molecule is CCOc1ccc(S(=O)(=O)N2CCN(CC(=O)Nc3cc(Cl)ccc3C)CC2)cc1.